The standard InChI is InChI=1S/C12H25NPS2.Au/c1-9(2)14(10(3)4,11(5)6)16-12-13-7-8-15-12;/h9-11H,7-8H2,1-6H3;/q+1;. The van der Waals surface area contributed by atoms with Gasteiger partial charge in [-0.3, -0.25) is 4.99 Å². The molecule has 1 radical (unpaired) electrons. The van der Waals surface area contributed by atoms with Crippen molar-refractivity contribution >= 4 is 34.0 Å². The van der Waals surface area contributed by atoms with E-state index in [2.05, 4.69) is 57.9 Å². The van der Waals surface area contributed by atoms with Crippen molar-refractivity contribution in [2.75, 3.05) is 12.3 Å². The van der Waals surface area contributed by atoms with Crippen LogP contribution in [0.4, 0.5) is 0 Å². The summed E-state index contributed by atoms with van der Waals surface area (Å²) in [5.41, 5.74) is 2.38. The minimum Gasteiger partial charge on any atom is -0.268 e. The Balaban J connectivity index is 0.00000256. The van der Waals surface area contributed by atoms with Crippen LogP contribution in [0, 0.1) is 0 Å². The fourth-order valence-corrected chi connectivity index (χ4v) is 12.8. The first kappa shape index (κ1) is 18.5. The first-order valence-electron chi connectivity index (χ1n) is 6.16. The molecule has 0 fully saturated rings. The second kappa shape index (κ2) is 7.97. The van der Waals surface area contributed by atoms with Crippen molar-refractivity contribution in [1.82, 2.24) is 0 Å². The van der Waals surface area contributed by atoms with E-state index in [-0.39, 0.29) is 22.4 Å². The topological polar surface area (TPSA) is 12.4 Å². The van der Waals surface area contributed by atoms with Gasteiger partial charge in [0, 0.05) is 28.1 Å². The summed E-state index contributed by atoms with van der Waals surface area (Å²) >= 11 is 4.11. The van der Waals surface area contributed by atoms with Crippen LogP contribution in [-0.4, -0.2) is 33.7 Å². The van der Waals surface area contributed by atoms with Crippen molar-refractivity contribution in [3.05, 3.63) is 0 Å². The molecule has 0 unspecified atom stereocenters. The second-order valence-electron chi connectivity index (χ2n) is 5.13. The third-order valence-electron chi connectivity index (χ3n) is 3.22. The molecule has 1 rings (SSSR count). The molecule has 0 bridgehead atoms. The van der Waals surface area contributed by atoms with Gasteiger partial charge >= 0.3 is 0 Å². The molecular weight excluding hydrogens is 450 g/mol. The summed E-state index contributed by atoms with van der Waals surface area (Å²) in [6, 6.07) is 0. The van der Waals surface area contributed by atoms with Crippen molar-refractivity contribution in [2.24, 2.45) is 4.99 Å². The fraction of sp³-hybridized carbons (Fsp3) is 0.917. The van der Waals surface area contributed by atoms with E-state index in [0.717, 1.165) is 23.5 Å². The van der Waals surface area contributed by atoms with E-state index in [1.807, 2.05) is 11.8 Å². The van der Waals surface area contributed by atoms with E-state index in [1.54, 1.807) is 0 Å². The predicted molar refractivity (Wildman–Crippen MR) is 84.7 cm³/mol. The normalized spacial score (nSPS) is 16.6. The third-order valence-corrected chi connectivity index (χ3v) is 15.7. The summed E-state index contributed by atoms with van der Waals surface area (Å²) < 4.78 is 1.37. The maximum absolute atomic E-state index is 4.64. The molecule has 5 heteroatoms. The Hall–Kier alpha value is 1.54. The van der Waals surface area contributed by atoms with Gasteiger partial charge in [-0.1, -0.05) is 11.8 Å². The molecular formula is C12H25AuNPS2+. The van der Waals surface area contributed by atoms with Crippen molar-refractivity contribution in [2.45, 2.75) is 58.5 Å². The smallest absolute Gasteiger partial charge is 0.164 e. The molecule has 1 aliphatic heterocycles. The van der Waals surface area contributed by atoms with E-state index >= 15 is 0 Å². The maximum Gasteiger partial charge on any atom is 0.164 e. The average Bonchev–Trinajstić information content (AvgIpc) is 2.64. The van der Waals surface area contributed by atoms with Gasteiger partial charge in [-0.05, 0) is 41.5 Å². The van der Waals surface area contributed by atoms with Crippen LogP contribution < -0.4 is 0 Å². The molecule has 1 nitrogen and oxygen atoms in total. The van der Waals surface area contributed by atoms with Crippen LogP contribution in [-0.2, 0) is 22.4 Å². The number of hydrogen-bond acceptors (Lipinski definition) is 3. The molecule has 0 aromatic carbocycles. The first-order valence-corrected chi connectivity index (χ1v) is 10.6. The quantitative estimate of drug-likeness (QED) is 0.420. The van der Waals surface area contributed by atoms with Crippen LogP contribution >= 0.6 is 29.6 Å². The SMILES string of the molecule is CC(C)[P+](SC1=NCCS1)(C(C)C)C(C)C.[Au]. The second-order valence-corrected chi connectivity index (χ2v) is 14.1. The van der Waals surface area contributed by atoms with E-state index < -0.39 is 6.46 Å². The van der Waals surface area contributed by atoms with Crippen molar-refractivity contribution < 1.29 is 22.4 Å². The van der Waals surface area contributed by atoms with Gasteiger partial charge in [0.1, 0.15) is 0 Å². The Morgan fingerprint density at radius 3 is 1.82 bits per heavy atom. The van der Waals surface area contributed by atoms with E-state index in [0.29, 0.717) is 0 Å². The number of aliphatic imine (C=N–C) groups is 1. The molecule has 0 aromatic heterocycles. The monoisotopic (exact) mass is 475 g/mol. The average molecular weight is 475 g/mol. The number of nitrogens with zero attached hydrogens (tertiary/aromatic N) is 1. The predicted octanol–water partition coefficient (Wildman–Crippen LogP) is 4.98. The molecule has 1 heterocycles. The van der Waals surface area contributed by atoms with E-state index in [4.69, 9.17) is 0 Å². The third kappa shape index (κ3) is 4.26. The molecule has 17 heavy (non-hydrogen) atoms. The van der Waals surface area contributed by atoms with Gasteiger partial charge in [0.25, 0.3) is 0 Å². The molecule has 0 spiro atoms. The minimum absolute atomic E-state index is 0. The van der Waals surface area contributed by atoms with Crippen LogP contribution in [0.2, 0.25) is 0 Å². The molecule has 0 aliphatic carbocycles. The Morgan fingerprint density at radius 1 is 1.06 bits per heavy atom. The zero-order chi connectivity index (χ0) is 12.3. The van der Waals surface area contributed by atoms with E-state index in [1.165, 1.54) is 10.1 Å². The summed E-state index contributed by atoms with van der Waals surface area (Å²) in [5.74, 6) is 1.19. The van der Waals surface area contributed by atoms with Gasteiger partial charge in [-0.25, -0.2) is 0 Å². The zero-order valence-electron chi connectivity index (χ0n) is 11.7. The van der Waals surface area contributed by atoms with Crippen molar-refractivity contribution in [3.8, 4) is 0 Å². The Bertz CT molecular complexity index is 245. The molecule has 0 N–H and O–H groups in total. The first-order chi connectivity index (χ1) is 7.41. The molecule has 0 saturated carbocycles. The minimum atomic E-state index is -0.996. The maximum atomic E-state index is 4.64. The van der Waals surface area contributed by atoms with Crippen LogP contribution in [0.25, 0.3) is 0 Å². The van der Waals surface area contributed by atoms with Gasteiger partial charge < -0.3 is 0 Å². The van der Waals surface area contributed by atoms with Crippen LogP contribution in [0.1, 0.15) is 41.5 Å². The van der Waals surface area contributed by atoms with Crippen molar-refractivity contribution in [3.63, 3.8) is 0 Å². The Labute approximate surface area is 131 Å². The molecule has 105 valence electrons. The molecule has 1 aliphatic rings. The Kier molecular flexibility index (Phi) is 8.69. The largest absolute Gasteiger partial charge is 0.268 e. The Morgan fingerprint density at radius 2 is 1.53 bits per heavy atom. The summed E-state index contributed by atoms with van der Waals surface area (Å²) in [6.07, 6.45) is 0. The molecule has 0 saturated heterocycles. The van der Waals surface area contributed by atoms with Gasteiger partial charge in [-0.2, -0.15) is 0 Å². The van der Waals surface area contributed by atoms with Gasteiger partial charge in [0.2, 0.25) is 0 Å². The molecule has 0 atom stereocenters. The number of thioether (sulfide) groups is 1. The van der Waals surface area contributed by atoms with Crippen molar-refractivity contribution in [1.29, 1.82) is 0 Å². The summed E-state index contributed by atoms with van der Waals surface area (Å²) in [7, 11) is 0. The fourth-order valence-electron chi connectivity index (χ4n) is 2.61. The zero-order valence-corrected chi connectivity index (χ0v) is 16.4. The van der Waals surface area contributed by atoms with Crippen LogP contribution in [0.15, 0.2) is 4.99 Å². The van der Waals surface area contributed by atoms with Gasteiger partial charge in [0.05, 0.1) is 41.4 Å². The molecule has 0 aromatic rings. The summed E-state index contributed by atoms with van der Waals surface area (Å²) in [6.45, 7) is 14.5. The molecule has 0 amide bonds. The van der Waals surface area contributed by atoms with Crippen LogP contribution in [0.3, 0.4) is 0 Å². The van der Waals surface area contributed by atoms with Gasteiger partial charge in [0.15, 0.2) is 4.38 Å². The summed E-state index contributed by atoms with van der Waals surface area (Å²) in [5, 5.41) is 0. The number of rotatable bonds is 4. The van der Waals surface area contributed by atoms with Crippen LogP contribution in [0.5, 0.6) is 0 Å². The van der Waals surface area contributed by atoms with Gasteiger partial charge in [-0.15, -0.1) is 0 Å². The van der Waals surface area contributed by atoms with E-state index in [9.17, 15) is 0 Å². The number of hydrogen-bond donors (Lipinski definition) is 0. The summed E-state index contributed by atoms with van der Waals surface area (Å²) in [4.78, 5) is 4.64.